The maximum Gasteiger partial charge on any atom is 0.310 e. The molecule has 1 fully saturated rings. The zero-order valence-corrected chi connectivity index (χ0v) is 14.4. The molecule has 0 bridgehead atoms. The molecule has 0 saturated heterocycles. The van der Waals surface area contributed by atoms with Crippen molar-refractivity contribution in [1.29, 1.82) is 0 Å². The third kappa shape index (κ3) is 3.07. The number of benzene rings is 1. The Morgan fingerprint density at radius 1 is 1.32 bits per heavy atom. The average molecular weight is 357 g/mol. The molecule has 0 radical (unpaired) electrons. The van der Waals surface area contributed by atoms with Crippen molar-refractivity contribution in [3.63, 3.8) is 0 Å². The number of nitrogens with zero attached hydrogens (tertiary/aromatic N) is 2. The van der Waals surface area contributed by atoms with E-state index < -0.39 is 0 Å². The monoisotopic (exact) mass is 356 g/mol. The number of hydrogen-bond acceptors (Lipinski definition) is 4. The number of aryl methyl sites for hydroxylation is 1. The molecule has 3 aromatic rings. The number of halogens is 1. The molecule has 2 heterocycles. The lowest BCUT2D eigenvalue weighted by Gasteiger charge is -2.05. The Balaban J connectivity index is 1.44. The number of para-hydroxylation sites is 1. The molecule has 25 heavy (non-hydrogen) atoms. The van der Waals surface area contributed by atoms with Gasteiger partial charge in [0.25, 0.3) is 0 Å². The van der Waals surface area contributed by atoms with Gasteiger partial charge in [-0.05, 0) is 37.6 Å². The first-order valence-corrected chi connectivity index (χ1v) is 8.52. The van der Waals surface area contributed by atoms with E-state index in [0.717, 1.165) is 29.1 Å². The number of ether oxygens (including phenoxy) is 1. The molecular weight excluding hydrogens is 340 g/mol. The highest BCUT2D eigenvalue weighted by Gasteiger charge is 2.47. The van der Waals surface area contributed by atoms with Crippen LogP contribution < -0.4 is 0 Å². The summed E-state index contributed by atoms with van der Waals surface area (Å²) in [6.07, 6.45) is 2.39. The molecule has 0 N–H and O–H groups in total. The molecule has 2 atom stereocenters. The van der Waals surface area contributed by atoms with Gasteiger partial charge in [0.1, 0.15) is 17.5 Å². The van der Waals surface area contributed by atoms with E-state index in [1.165, 1.54) is 0 Å². The van der Waals surface area contributed by atoms with E-state index in [9.17, 15) is 4.79 Å². The molecule has 1 aliphatic rings. The zero-order chi connectivity index (χ0) is 17.4. The first kappa shape index (κ1) is 16.0. The summed E-state index contributed by atoms with van der Waals surface area (Å²) >= 11 is 6.45. The molecule has 128 valence electrons. The molecule has 0 aliphatic heterocycles. The molecule has 5 nitrogen and oxygen atoms in total. The Labute approximate surface area is 150 Å². The molecule has 1 saturated carbocycles. The van der Waals surface area contributed by atoms with Gasteiger partial charge in [-0.2, -0.15) is 5.10 Å². The largest absolute Gasteiger partial charge is 0.469 e. The fourth-order valence-electron chi connectivity index (χ4n) is 2.96. The topological polar surface area (TPSA) is 57.3 Å². The van der Waals surface area contributed by atoms with Crippen LogP contribution in [0, 0.1) is 12.8 Å². The van der Waals surface area contributed by atoms with Gasteiger partial charge in [-0.3, -0.25) is 4.79 Å². The van der Waals surface area contributed by atoms with E-state index in [1.807, 2.05) is 49.4 Å². The van der Waals surface area contributed by atoms with Crippen LogP contribution in [0.15, 0.2) is 53.1 Å². The van der Waals surface area contributed by atoms with Crippen molar-refractivity contribution < 1.29 is 13.9 Å². The quantitative estimate of drug-likeness (QED) is 0.640. The SMILES string of the molecule is Cc1nn(-c2ccccc2)c(Cl)c1COC(=O)[C@H]1C[C@H]1c1ccco1. The van der Waals surface area contributed by atoms with E-state index in [2.05, 4.69) is 5.10 Å². The van der Waals surface area contributed by atoms with Crippen LogP contribution in [-0.4, -0.2) is 15.7 Å². The van der Waals surface area contributed by atoms with Gasteiger partial charge < -0.3 is 9.15 Å². The van der Waals surface area contributed by atoms with Gasteiger partial charge in [0.15, 0.2) is 0 Å². The fraction of sp³-hybridized carbons (Fsp3) is 0.263. The van der Waals surface area contributed by atoms with Gasteiger partial charge in [0.2, 0.25) is 0 Å². The van der Waals surface area contributed by atoms with Crippen molar-refractivity contribution >= 4 is 17.6 Å². The van der Waals surface area contributed by atoms with Crippen LogP contribution >= 0.6 is 11.6 Å². The molecule has 4 rings (SSSR count). The molecule has 1 aliphatic carbocycles. The maximum absolute atomic E-state index is 12.2. The Morgan fingerprint density at radius 2 is 2.12 bits per heavy atom. The van der Waals surface area contributed by atoms with Crippen LogP contribution in [0.4, 0.5) is 0 Å². The molecule has 0 unspecified atom stereocenters. The Kier molecular flexibility index (Phi) is 4.09. The highest BCUT2D eigenvalue weighted by molar-refractivity contribution is 6.30. The first-order chi connectivity index (χ1) is 12.1. The first-order valence-electron chi connectivity index (χ1n) is 8.14. The smallest absolute Gasteiger partial charge is 0.310 e. The second-order valence-electron chi connectivity index (χ2n) is 6.17. The lowest BCUT2D eigenvalue weighted by molar-refractivity contribution is -0.146. The minimum Gasteiger partial charge on any atom is -0.469 e. The summed E-state index contributed by atoms with van der Waals surface area (Å²) in [6, 6.07) is 13.3. The second-order valence-corrected chi connectivity index (χ2v) is 6.53. The Morgan fingerprint density at radius 3 is 2.84 bits per heavy atom. The highest BCUT2D eigenvalue weighted by Crippen LogP contribution is 2.48. The third-order valence-electron chi connectivity index (χ3n) is 4.48. The van der Waals surface area contributed by atoms with Crippen LogP contribution in [0.1, 0.15) is 29.4 Å². The van der Waals surface area contributed by atoms with Crippen molar-refractivity contribution in [1.82, 2.24) is 9.78 Å². The number of hydrogen-bond donors (Lipinski definition) is 0. The zero-order valence-electron chi connectivity index (χ0n) is 13.7. The number of rotatable bonds is 5. The van der Waals surface area contributed by atoms with Crippen molar-refractivity contribution in [3.8, 4) is 5.69 Å². The highest BCUT2D eigenvalue weighted by atomic mass is 35.5. The van der Waals surface area contributed by atoms with Crippen molar-refractivity contribution in [2.75, 3.05) is 0 Å². The molecular formula is C19H17ClN2O3. The van der Waals surface area contributed by atoms with Crippen LogP contribution in [0.5, 0.6) is 0 Å². The van der Waals surface area contributed by atoms with Gasteiger partial charge >= 0.3 is 5.97 Å². The van der Waals surface area contributed by atoms with Crippen molar-refractivity contribution in [2.45, 2.75) is 25.9 Å². The number of aromatic nitrogens is 2. The summed E-state index contributed by atoms with van der Waals surface area (Å²) < 4.78 is 12.5. The summed E-state index contributed by atoms with van der Waals surface area (Å²) in [7, 11) is 0. The van der Waals surface area contributed by atoms with Crippen LogP contribution in [0.25, 0.3) is 5.69 Å². The normalized spacial score (nSPS) is 19.0. The molecule has 6 heteroatoms. The second kappa shape index (κ2) is 6.41. The van der Waals surface area contributed by atoms with Crippen LogP contribution in [0.3, 0.4) is 0 Å². The summed E-state index contributed by atoms with van der Waals surface area (Å²) in [4.78, 5) is 12.2. The summed E-state index contributed by atoms with van der Waals surface area (Å²) in [5, 5.41) is 4.92. The number of furan rings is 1. The van der Waals surface area contributed by atoms with Crippen LogP contribution in [-0.2, 0) is 16.1 Å². The van der Waals surface area contributed by atoms with E-state index in [0.29, 0.717) is 5.15 Å². The van der Waals surface area contributed by atoms with Gasteiger partial charge in [0, 0.05) is 11.5 Å². The summed E-state index contributed by atoms with van der Waals surface area (Å²) in [6.45, 7) is 1.98. The van der Waals surface area contributed by atoms with E-state index in [1.54, 1.807) is 10.9 Å². The molecule has 1 aromatic carbocycles. The van der Waals surface area contributed by atoms with Crippen molar-refractivity contribution in [3.05, 3.63) is 70.9 Å². The standard InChI is InChI=1S/C19H17ClN2O3/c1-12-16(18(20)22(21-12)13-6-3-2-4-7-13)11-25-19(23)15-10-14(15)17-8-5-9-24-17/h2-9,14-15H,10-11H2,1H3/t14-,15+/m1/s1. The lowest BCUT2D eigenvalue weighted by Crippen LogP contribution is -2.08. The van der Waals surface area contributed by atoms with Crippen molar-refractivity contribution in [2.24, 2.45) is 5.92 Å². The predicted octanol–water partition coefficient (Wildman–Crippen LogP) is 4.27. The van der Waals surface area contributed by atoms with E-state index in [-0.39, 0.29) is 24.4 Å². The van der Waals surface area contributed by atoms with Gasteiger partial charge in [-0.1, -0.05) is 29.8 Å². The van der Waals surface area contributed by atoms with Gasteiger partial charge in [-0.25, -0.2) is 4.68 Å². The van der Waals surface area contributed by atoms with Crippen LogP contribution in [0.2, 0.25) is 5.15 Å². The molecule has 0 spiro atoms. The lowest BCUT2D eigenvalue weighted by atomic mass is 10.2. The number of carbonyl (C=O) groups excluding carboxylic acids is 1. The van der Waals surface area contributed by atoms with E-state index in [4.69, 9.17) is 20.8 Å². The predicted molar refractivity (Wildman–Crippen MR) is 92.7 cm³/mol. The third-order valence-corrected chi connectivity index (χ3v) is 4.87. The Bertz CT molecular complexity index is 887. The fourth-order valence-corrected chi connectivity index (χ4v) is 3.28. The average Bonchev–Trinajstić information content (AvgIpc) is 3.13. The summed E-state index contributed by atoms with van der Waals surface area (Å²) in [5.41, 5.74) is 2.35. The number of esters is 1. The molecule has 2 aromatic heterocycles. The van der Waals surface area contributed by atoms with E-state index >= 15 is 0 Å². The molecule has 0 amide bonds. The summed E-state index contributed by atoms with van der Waals surface area (Å²) in [5.74, 6) is 0.623. The van der Waals surface area contributed by atoms with Gasteiger partial charge in [-0.15, -0.1) is 0 Å². The minimum atomic E-state index is -0.218. The van der Waals surface area contributed by atoms with Gasteiger partial charge in [0.05, 0.1) is 23.6 Å². The minimum absolute atomic E-state index is 0.123. The Hall–Kier alpha value is -2.53. The number of carbonyl (C=O) groups is 1. The maximum atomic E-state index is 12.2.